The van der Waals surface area contributed by atoms with Crippen molar-refractivity contribution in [1.29, 1.82) is 0 Å². The monoisotopic (exact) mass is 582 g/mol. The van der Waals surface area contributed by atoms with Crippen LogP contribution in [0.1, 0.15) is 34.1 Å². The molecule has 2 atom stereocenters. The first-order valence-electron chi connectivity index (χ1n) is 13.2. The smallest absolute Gasteiger partial charge is 0.329 e. The number of anilines is 3. The van der Waals surface area contributed by atoms with Crippen molar-refractivity contribution < 1.29 is 23.4 Å². The maximum absolute atomic E-state index is 14.4. The third-order valence-electron chi connectivity index (χ3n) is 7.40. The molecule has 1 fully saturated rings. The van der Waals surface area contributed by atoms with E-state index in [1.807, 2.05) is 0 Å². The second-order valence-electron chi connectivity index (χ2n) is 11.1. The molecular formula is C27H37ClF2N6O4. The third-order valence-corrected chi connectivity index (χ3v) is 7.68. The summed E-state index contributed by atoms with van der Waals surface area (Å²) in [5.41, 5.74) is 0.677. The molecule has 1 aliphatic heterocycles. The summed E-state index contributed by atoms with van der Waals surface area (Å²) in [6.07, 6.45) is 1.18. The third kappa shape index (κ3) is 6.24. The number of aliphatic hydroxyl groups is 1. The Bertz CT molecular complexity index is 1390. The van der Waals surface area contributed by atoms with E-state index in [0.717, 1.165) is 0 Å². The highest BCUT2D eigenvalue weighted by Gasteiger charge is 2.47. The van der Waals surface area contributed by atoms with Gasteiger partial charge in [0, 0.05) is 51.4 Å². The Balaban J connectivity index is 1.68. The molecule has 0 spiro atoms. The van der Waals surface area contributed by atoms with Gasteiger partial charge in [-0.1, -0.05) is 25.4 Å². The number of hydrogen-bond donors (Lipinski definition) is 2. The lowest BCUT2D eigenvalue weighted by Crippen LogP contribution is -2.52. The molecule has 0 radical (unpaired) electrons. The number of imidazole rings is 1. The van der Waals surface area contributed by atoms with Crippen LogP contribution in [0.2, 0.25) is 5.02 Å². The van der Waals surface area contributed by atoms with Crippen LogP contribution >= 0.6 is 11.6 Å². The zero-order chi connectivity index (χ0) is 29.4. The molecule has 1 aliphatic rings. The van der Waals surface area contributed by atoms with Gasteiger partial charge in [0.15, 0.2) is 12.1 Å². The second-order valence-corrected chi connectivity index (χ2v) is 11.5. The second kappa shape index (κ2) is 11.6. The molecular weight excluding hydrogens is 546 g/mol. The van der Waals surface area contributed by atoms with Crippen LogP contribution in [0.3, 0.4) is 0 Å². The summed E-state index contributed by atoms with van der Waals surface area (Å²) in [5.74, 6) is -3.85. The van der Waals surface area contributed by atoms with Crippen LogP contribution < -0.4 is 15.9 Å². The minimum absolute atomic E-state index is 0.120. The standard InChI is InChI=1S/C27H37ClF2N6O4/c1-16-13-34(14-17(2)27(16,29)30)24-31-12-19(28)23(33-24)32-18-7-8-20-21(11-18)35(10-9-26(3,4)38)25(37)36(20)15-22(39-5)40-6/h7-8,11-12,16-17,22,38H,9-10,13-15H2,1-6H3,(H,31,32,33)/t16-,17+. The van der Waals surface area contributed by atoms with Crippen molar-refractivity contribution in [3.05, 3.63) is 39.9 Å². The highest BCUT2D eigenvalue weighted by Crippen LogP contribution is 2.39. The number of nitrogens with one attached hydrogen (secondary N) is 1. The molecule has 0 aliphatic carbocycles. The number of rotatable bonds is 10. The summed E-state index contributed by atoms with van der Waals surface area (Å²) in [6.45, 7) is 7.14. The van der Waals surface area contributed by atoms with Gasteiger partial charge in [0.2, 0.25) is 5.95 Å². The van der Waals surface area contributed by atoms with Crippen LogP contribution in [0.15, 0.2) is 29.2 Å². The molecule has 1 aromatic carbocycles. The summed E-state index contributed by atoms with van der Waals surface area (Å²) in [5, 5.41) is 13.7. The maximum Gasteiger partial charge on any atom is 0.329 e. The van der Waals surface area contributed by atoms with Crippen LogP contribution in [0.4, 0.5) is 26.2 Å². The van der Waals surface area contributed by atoms with Gasteiger partial charge in [0.1, 0.15) is 5.02 Å². The number of aryl methyl sites for hydroxylation is 1. The van der Waals surface area contributed by atoms with Gasteiger partial charge in [-0.05, 0) is 38.5 Å². The molecule has 3 aromatic rings. The molecule has 4 rings (SSSR count). The molecule has 1 saturated heterocycles. The molecule has 3 heterocycles. The topological polar surface area (TPSA) is 107 Å². The maximum atomic E-state index is 14.4. The predicted molar refractivity (Wildman–Crippen MR) is 151 cm³/mol. The van der Waals surface area contributed by atoms with Crippen molar-refractivity contribution in [1.82, 2.24) is 19.1 Å². The summed E-state index contributed by atoms with van der Waals surface area (Å²) in [7, 11) is 3.01. The van der Waals surface area contributed by atoms with Gasteiger partial charge in [-0.3, -0.25) is 9.13 Å². The fraction of sp³-hybridized carbons (Fsp3) is 0.593. The minimum atomic E-state index is -2.76. The van der Waals surface area contributed by atoms with Crippen molar-refractivity contribution in [2.24, 2.45) is 11.8 Å². The minimum Gasteiger partial charge on any atom is -0.390 e. The summed E-state index contributed by atoms with van der Waals surface area (Å²) < 4.78 is 42.6. The Morgan fingerprint density at radius 1 is 1.18 bits per heavy atom. The first-order valence-corrected chi connectivity index (χ1v) is 13.6. The first-order chi connectivity index (χ1) is 18.7. The fourth-order valence-electron chi connectivity index (χ4n) is 4.93. The Labute approximate surface area is 236 Å². The van der Waals surface area contributed by atoms with Crippen molar-refractivity contribution in [3.63, 3.8) is 0 Å². The largest absolute Gasteiger partial charge is 0.390 e. The average molecular weight is 583 g/mol. The first kappa shape index (κ1) is 30.2. The summed E-state index contributed by atoms with van der Waals surface area (Å²) >= 11 is 6.41. The van der Waals surface area contributed by atoms with Gasteiger partial charge < -0.3 is 24.8 Å². The van der Waals surface area contributed by atoms with E-state index >= 15 is 0 Å². The zero-order valence-electron chi connectivity index (χ0n) is 23.6. The summed E-state index contributed by atoms with van der Waals surface area (Å²) in [6, 6.07) is 5.39. The van der Waals surface area contributed by atoms with Crippen molar-refractivity contribution in [3.8, 4) is 0 Å². The van der Waals surface area contributed by atoms with E-state index in [9.17, 15) is 18.7 Å². The lowest BCUT2D eigenvalue weighted by molar-refractivity contribution is -0.110. The van der Waals surface area contributed by atoms with Crippen LogP contribution in [-0.4, -0.2) is 69.3 Å². The number of nitrogens with zero attached hydrogens (tertiary/aromatic N) is 5. The number of benzene rings is 1. The normalized spacial score (nSPS) is 19.5. The van der Waals surface area contributed by atoms with Gasteiger partial charge in [0.25, 0.3) is 5.92 Å². The van der Waals surface area contributed by atoms with Crippen LogP contribution in [-0.2, 0) is 22.6 Å². The lowest BCUT2D eigenvalue weighted by atomic mass is 9.87. The molecule has 2 aromatic heterocycles. The fourth-order valence-corrected chi connectivity index (χ4v) is 5.07. The molecule has 0 bridgehead atoms. The van der Waals surface area contributed by atoms with Crippen molar-refractivity contribution in [2.45, 2.75) is 65.0 Å². The number of alkyl halides is 2. The number of hydrogen-bond acceptors (Lipinski definition) is 8. The quantitative estimate of drug-likeness (QED) is 0.337. The van der Waals surface area contributed by atoms with Crippen molar-refractivity contribution >= 4 is 40.1 Å². The molecule has 0 unspecified atom stereocenters. The van der Waals surface area contributed by atoms with Gasteiger partial charge in [0.05, 0.1) is 29.4 Å². The van der Waals surface area contributed by atoms with E-state index in [1.54, 1.807) is 46.1 Å². The van der Waals surface area contributed by atoms with Gasteiger partial charge in [-0.25, -0.2) is 18.6 Å². The zero-order valence-corrected chi connectivity index (χ0v) is 24.4. The molecule has 10 nitrogen and oxygen atoms in total. The molecule has 13 heteroatoms. The Kier molecular flexibility index (Phi) is 8.74. The number of aromatic nitrogens is 4. The average Bonchev–Trinajstić information content (AvgIpc) is 3.14. The van der Waals surface area contributed by atoms with Crippen molar-refractivity contribution in [2.75, 3.05) is 37.5 Å². The highest BCUT2D eigenvalue weighted by molar-refractivity contribution is 6.32. The Hall–Kier alpha value is -2.80. The molecule has 220 valence electrons. The van der Waals surface area contributed by atoms with E-state index in [-0.39, 0.29) is 36.9 Å². The van der Waals surface area contributed by atoms with E-state index in [4.69, 9.17) is 21.1 Å². The highest BCUT2D eigenvalue weighted by atomic mass is 35.5. The van der Waals surface area contributed by atoms with Crippen LogP contribution in [0.5, 0.6) is 0 Å². The molecule has 40 heavy (non-hydrogen) atoms. The number of ether oxygens (including phenoxy) is 2. The van der Waals surface area contributed by atoms with Gasteiger partial charge in [-0.15, -0.1) is 0 Å². The van der Waals surface area contributed by atoms with E-state index in [1.165, 1.54) is 34.3 Å². The Morgan fingerprint density at radius 3 is 2.42 bits per heavy atom. The van der Waals surface area contributed by atoms with E-state index in [0.29, 0.717) is 34.9 Å². The SMILES string of the molecule is COC(Cn1c(=O)n(CCC(C)(C)O)c2cc(Nc3nc(N4C[C@@H](C)C(F)(F)[C@@H](C)C4)ncc3Cl)ccc21)OC. The van der Waals surface area contributed by atoms with Gasteiger partial charge >= 0.3 is 5.69 Å². The predicted octanol–water partition coefficient (Wildman–Crippen LogP) is 4.50. The Morgan fingerprint density at radius 2 is 1.82 bits per heavy atom. The summed E-state index contributed by atoms with van der Waals surface area (Å²) in [4.78, 5) is 24.0. The van der Waals surface area contributed by atoms with Crippen LogP contribution in [0.25, 0.3) is 11.0 Å². The molecule has 0 saturated carbocycles. The number of methoxy groups -OCH3 is 2. The van der Waals surface area contributed by atoms with Gasteiger partial charge in [-0.2, -0.15) is 4.98 Å². The molecule has 0 amide bonds. The molecule has 2 N–H and O–H groups in total. The number of halogens is 3. The van der Waals surface area contributed by atoms with E-state index < -0.39 is 29.6 Å². The van der Waals surface area contributed by atoms with Crippen LogP contribution in [0, 0.1) is 11.8 Å². The number of piperidine rings is 1. The number of fused-ring (bicyclic) bond motifs is 1. The lowest BCUT2D eigenvalue weighted by Gasteiger charge is -2.41. The van der Waals surface area contributed by atoms with E-state index in [2.05, 4.69) is 15.3 Å².